The van der Waals surface area contributed by atoms with Crippen molar-refractivity contribution in [2.45, 2.75) is 47.0 Å². The lowest BCUT2D eigenvalue weighted by molar-refractivity contribution is 0.100. The Bertz CT molecular complexity index is 7140. The van der Waals surface area contributed by atoms with Crippen LogP contribution in [0, 0.1) is 6.92 Å². The van der Waals surface area contributed by atoms with Gasteiger partial charge in [0.2, 0.25) is 0 Å². The molecule has 0 fully saturated rings. The van der Waals surface area contributed by atoms with Crippen molar-refractivity contribution in [3.63, 3.8) is 0 Å². The van der Waals surface area contributed by atoms with Crippen molar-refractivity contribution >= 4 is 72.3 Å². The van der Waals surface area contributed by atoms with Crippen molar-refractivity contribution in [1.29, 1.82) is 0 Å². The third kappa shape index (κ3) is 18.9. The largest absolute Gasteiger partial charge is 0.345 e. The van der Waals surface area contributed by atoms with Crippen LogP contribution in [0.25, 0.3) is 144 Å². The number of rotatable bonds is 13. The predicted octanol–water partition coefficient (Wildman–Crippen LogP) is 32.7. The number of hydrogen-bond donors (Lipinski definition) is 0. The average Bonchev–Trinajstić information content (AvgIpc) is 1.60. The van der Waals surface area contributed by atoms with E-state index in [9.17, 15) is 14.4 Å². The highest BCUT2D eigenvalue weighted by molar-refractivity contribution is 6.12. The summed E-state index contributed by atoms with van der Waals surface area (Å²) >= 11 is 0. The van der Waals surface area contributed by atoms with Crippen LogP contribution in [-0.2, 0) is 6.42 Å². The van der Waals surface area contributed by atoms with Crippen LogP contribution >= 0.6 is 0 Å². The molecule has 0 saturated heterocycles. The molecule has 6 nitrogen and oxygen atoms in total. The molecule has 6 heteroatoms. The van der Waals surface area contributed by atoms with E-state index in [1.807, 2.05) is 127 Å². The Kier molecular flexibility index (Phi) is 25.6. The van der Waals surface area contributed by atoms with Gasteiger partial charge in [0.05, 0.1) is 22.1 Å². The summed E-state index contributed by atoms with van der Waals surface area (Å²) in [4.78, 5) is 36.5. The first-order valence-electron chi connectivity index (χ1n) is 44.8. The molecule has 2 aliphatic rings. The Morgan fingerprint density at radius 1 is 0.244 bits per heavy atom. The van der Waals surface area contributed by atoms with Gasteiger partial charge in [-0.25, -0.2) is 0 Å². The number of Topliss-reactive ketones (excluding diaryl/α,β-unsaturated/α-hetero) is 3. The molecule has 0 N–H and O–H groups in total. The maximum absolute atomic E-state index is 11.8. The van der Waals surface area contributed by atoms with E-state index in [1.165, 1.54) is 116 Å². The highest BCUT2D eigenvalue weighted by Gasteiger charge is 2.25. The van der Waals surface area contributed by atoms with Gasteiger partial charge in [0, 0.05) is 74.0 Å². The molecule has 0 spiro atoms. The molecule has 0 aliphatic heterocycles. The number of benzene rings is 19. The summed E-state index contributed by atoms with van der Waals surface area (Å²) in [6, 6.07) is 165. The second-order valence-corrected chi connectivity index (χ2v) is 33.5. The van der Waals surface area contributed by atoms with E-state index >= 15 is 0 Å². The summed E-state index contributed by atoms with van der Waals surface area (Å²) < 4.78 is 4.79. The first-order valence-corrected chi connectivity index (χ1v) is 44.8. The number of aryl methyl sites for hydroxylation is 1. The standard InChI is InChI=1S/C49H35N3.2C20H16O.2C14H12.C8H8O/c1-50(38-22-26-40(27-23-38)51-46-18-10-8-16-42(46)44-30-20-36(32-48(44)51)34-12-4-2-5-13-34)39-24-28-41(29-25-39)52-47-19-11-9-17-43(47)45-31-21-37(33-49(45)52)35-14-6-3-7-15-35;2*1-15(21)18-12-19(16-8-4-2-5-9-16)14-20(13-18)17-10-6-3-7-11-17;1-10-11-6-2-4-8-13(11)14-9-5-3-7-12(10)14;1-10-6-7-14-12(8-10)9-11-4-2-3-5-13(11)14;1-7(9)8-5-3-2-4-6-8/h2-33H,1H3;2*2-14H,1H3;2-10H,1H3;2-8H,9H2,1H3;2-6H,1H3. The SMILES string of the molecule is CC(=O)c1cc(-c2ccccc2)cc(-c2ccccc2)c1.CC(=O)c1cc(-c2ccccc2)cc(-c2ccccc2)c1.CC(=O)c1ccccc1.CC1c2ccccc2-c2ccccc21.CN(c1ccc(-n2c3ccccc3c3ccc(-c4ccccc4)cc32)cc1)c1ccc(-n2c3ccccc3c3ccc(-c4ccccc4)cc32)cc1.Cc1ccc2c(c1)Cc1ccccc1-2. The van der Waals surface area contributed by atoms with Gasteiger partial charge in [-0.3, -0.25) is 14.4 Å². The molecule has 2 aromatic heterocycles. The zero-order chi connectivity index (χ0) is 89.7. The minimum atomic E-state index is 0.0879. The smallest absolute Gasteiger partial charge is 0.159 e. The molecule has 0 amide bonds. The van der Waals surface area contributed by atoms with Gasteiger partial charge in [0.1, 0.15) is 0 Å². The van der Waals surface area contributed by atoms with Crippen molar-refractivity contribution in [2.24, 2.45) is 0 Å². The van der Waals surface area contributed by atoms with Crippen molar-refractivity contribution in [3.05, 3.63) is 518 Å². The Labute approximate surface area is 767 Å². The van der Waals surface area contributed by atoms with Crippen molar-refractivity contribution in [3.8, 4) is 100 Å². The minimum Gasteiger partial charge on any atom is -0.345 e. The normalized spacial score (nSPS) is 11.3. The van der Waals surface area contributed by atoms with E-state index in [2.05, 4.69) is 381 Å². The molecule has 632 valence electrons. The Hall–Kier alpha value is -16.4. The third-order valence-corrected chi connectivity index (χ3v) is 24.9. The molecule has 2 heterocycles. The molecule has 0 saturated carbocycles. The molecule has 131 heavy (non-hydrogen) atoms. The van der Waals surface area contributed by atoms with E-state index in [0.29, 0.717) is 5.92 Å². The Morgan fingerprint density at radius 2 is 0.550 bits per heavy atom. The van der Waals surface area contributed by atoms with E-state index < -0.39 is 0 Å². The minimum absolute atomic E-state index is 0.0879. The summed E-state index contributed by atoms with van der Waals surface area (Å²) in [7, 11) is 2.14. The number of carbonyl (C=O) groups is 3. The third-order valence-electron chi connectivity index (χ3n) is 24.9. The van der Waals surface area contributed by atoms with Crippen molar-refractivity contribution in [1.82, 2.24) is 9.13 Å². The molecule has 2 aliphatic carbocycles. The van der Waals surface area contributed by atoms with Gasteiger partial charge in [0.25, 0.3) is 0 Å². The molecule has 21 aromatic rings. The maximum atomic E-state index is 11.8. The molecule has 23 rings (SSSR count). The predicted molar refractivity (Wildman–Crippen MR) is 550 cm³/mol. The number of fused-ring (bicyclic) bond motifs is 12. The van der Waals surface area contributed by atoms with E-state index in [-0.39, 0.29) is 17.3 Å². The first kappa shape index (κ1) is 85.4. The molecular formula is C125H99N3O3. The molecule has 0 radical (unpaired) electrons. The van der Waals surface area contributed by atoms with Crippen LogP contribution in [0.4, 0.5) is 11.4 Å². The number of carbonyl (C=O) groups excluding carboxylic acids is 3. The van der Waals surface area contributed by atoms with Gasteiger partial charge in [-0.15, -0.1) is 0 Å². The Balaban J connectivity index is 0.000000120. The number of anilines is 2. The first-order chi connectivity index (χ1) is 64.2. The van der Waals surface area contributed by atoms with Crippen molar-refractivity contribution < 1.29 is 14.4 Å². The van der Waals surface area contributed by atoms with Gasteiger partial charge < -0.3 is 14.0 Å². The molecular weight excluding hydrogens is 1590 g/mol. The highest BCUT2D eigenvalue weighted by atomic mass is 16.1. The zero-order valence-corrected chi connectivity index (χ0v) is 74.4. The van der Waals surface area contributed by atoms with Gasteiger partial charge in [0.15, 0.2) is 17.3 Å². The summed E-state index contributed by atoms with van der Waals surface area (Å²) in [5.74, 6) is 0.855. The second kappa shape index (κ2) is 39.2. The lowest BCUT2D eigenvalue weighted by Gasteiger charge is -2.21. The quantitative estimate of drug-likeness (QED) is 0.108. The lowest BCUT2D eigenvalue weighted by atomic mass is 9.95. The number of nitrogens with zero attached hydrogens (tertiary/aromatic N) is 3. The van der Waals surface area contributed by atoms with Crippen LogP contribution in [0.15, 0.2) is 473 Å². The van der Waals surface area contributed by atoms with Crippen LogP contribution in [0.1, 0.15) is 92.5 Å². The lowest BCUT2D eigenvalue weighted by Crippen LogP contribution is -2.09. The zero-order valence-electron chi connectivity index (χ0n) is 74.4. The molecule has 0 unspecified atom stereocenters. The van der Waals surface area contributed by atoms with Crippen LogP contribution in [0.2, 0.25) is 0 Å². The van der Waals surface area contributed by atoms with Crippen LogP contribution < -0.4 is 4.90 Å². The summed E-state index contributed by atoms with van der Waals surface area (Å²) in [6.07, 6.45) is 1.10. The monoisotopic (exact) mass is 1690 g/mol. The Morgan fingerprint density at radius 3 is 0.916 bits per heavy atom. The molecule has 0 atom stereocenters. The summed E-state index contributed by atoms with van der Waals surface area (Å²) in [5, 5.41) is 5.04. The average molecular weight is 1690 g/mol. The summed E-state index contributed by atoms with van der Waals surface area (Å²) in [5.41, 5.74) is 38.2. The fraction of sp³-hybridized carbons (Fsp3) is 0.0640. The number of hydrogen-bond acceptors (Lipinski definition) is 4. The van der Waals surface area contributed by atoms with Crippen LogP contribution in [0.3, 0.4) is 0 Å². The van der Waals surface area contributed by atoms with Gasteiger partial charge in [-0.05, 0) is 255 Å². The van der Waals surface area contributed by atoms with Gasteiger partial charge >= 0.3 is 0 Å². The summed E-state index contributed by atoms with van der Waals surface area (Å²) in [6.45, 7) is 9.22. The number of aromatic nitrogens is 2. The highest BCUT2D eigenvalue weighted by Crippen LogP contribution is 2.45. The van der Waals surface area contributed by atoms with Gasteiger partial charge in [-0.2, -0.15) is 0 Å². The topological polar surface area (TPSA) is 64.3 Å². The van der Waals surface area contributed by atoms with Crippen LogP contribution in [0.5, 0.6) is 0 Å². The van der Waals surface area contributed by atoms with E-state index in [1.54, 1.807) is 20.8 Å². The van der Waals surface area contributed by atoms with E-state index in [0.717, 1.165) is 90.4 Å². The number of ketones is 3. The molecule has 19 aromatic carbocycles. The van der Waals surface area contributed by atoms with Crippen LogP contribution in [-0.4, -0.2) is 33.5 Å². The van der Waals surface area contributed by atoms with Crippen molar-refractivity contribution in [2.75, 3.05) is 11.9 Å². The van der Waals surface area contributed by atoms with Gasteiger partial charge in [-0.1, -0.05) is 376 Å². The molecule has 0 bridgehead atoms. The fourth-order valence-corrected chi connectivity index (χ4v) is 18.1. The second-order valence-electron chi connectivity index (χ2n) is 33.5. The fourth-order valence-electron chi connectivity index (χ4n) is 18.1. The maximum Gasteiger partial charge on any atom is 0.159 e. The van der Waals surface area contributed by atoms with E-state index in [4.69, 9.17) is 0 Å². The number of para-hydroxylation sites is 2.